The Balaban J connectivity index is 0.000000426. The van der Waals surface area contributed by atoms with Crippen LogP contribution in [-0.2, 0) is 16.6 Å². The fourth-order valence-electron chi connectivity index (χ4n) is 3.93. The number of aliphatic carboxylic acids is 1. The predicted molar refractivity (Wildman–Crippen MR) is 127 cm³/mol. The number of alkyl halides is 3. The number of hydrogen-bond acceptors (Lipinski definition) is 6. The van der Waals surface area contributed by atoms with Gasteiger partial charge >= 0.3 is 12.1 Å². The monoisotopic (exact) mass is 535 g/mol. The number of carbonyl (C=O) groups is 3. The van der Waals surface area contributed by atoms with Crippen molar-refractivity contribution in [3.63, 3.8) is 0 Å². The molecule has 0 aliphatic carbocycles. The lowest BCUT2D eigenvalue weighted by Gasteiger charge is -2.28. The lowest BCUT2D eigenvalue weighted by atomic mass is 10.1. The maximum Gasteiger partial charge on any atom is 0.490 e. The summed E-state index contributed by atoms with van der Waals surface area (Å²) in [5.74, 6) is -3.74. The molecule has 0 bridgehead atoms. The van der Waals surface area contributed by atoms with Crippen molar-refractivity contribution in [1.29, 1.82) is 0 Å². The molecular formula is C23H21F4N7O4. The average Bonchev–Trinajstić information content (AvgIpc) is 3.40. The van der Waals surface area contributed by atoms with Gasteiger partial charge in [0.15, 0.2) is 11.5 Å². The largest absolute Gasteiger partial charge is 0.490 e. The van der Waals surface area contributed by atoms with Crippen LogP contribution < -0.4 is 15.5 Å². The molecule has 0 radical (unpaired) electrons. The van der Waals surface area contributed by atoms with Gasteiger partial charge in [-0.3, -0.25) is 14.3 Å². The predicted octanol–water partition coefficient (Wildman–Crippen LogP) is 2.49. The van der Waals surface area contributed by atoms with Gasteiger partial charge in [0.2, 0.25) is 5.91 Å². The average molecular weight is 535 g/mol. The number of hydrogen-bond donors (Lipinski definition) is 3. The van der Waals surface area contributed by atoms with E-state index in [0.29, 0.717) is 46.6 Å². The van der Waals surface area contributed by atoms with Crippen molar-refractivity contribution >= 4 is 45.7 Å². The van der Waals surface area contributed by atoms with Gasteiger partial charge in [-0.15, -0.1) is 0 Å². The molecule has 200 valence electrons. The molecule has 2 amide bonds. The fraction of sp³-hybridized carbons (Fsp3) is 0.261. The van der Waals surface area contributed by atoms with Gasteiger partial charge in [-0.1, -0.05) is 0 Å². The molecule has 0 atom stereocenters. The summed E-state index contributed by atoms with van der Waals surface area (Å²) in [4.78, 5) is 40.1. The molecule has 3 aromatic heterocycles. The number of amides is 2. The molecule has 5 rings (SSSR count). The summed E-state index contributed by atoms with van der Waals surface area (Å²) in [5, 5.41) is 18.1. The maximum absolute atomic E-state index is 14.4. The third-order valence-corrected chi connectivity index (χ3v) is 5.52. The first-order chi connectivity index (χ1) is 17.8. The molecule has 15 heteroatoms. The Morgan fingerprint density at radius 1 is 1.18 bits per heavy atom. The number of halogens is 4. The van der Waals surface area contributed by atoms with Crippen LogP contribution >= 0.6 is 0 Å². The van der Waals surface area contributed by atoms with Crippen LogP contribution in [0.25, 0.3) is 16.6 Å². The summed E-state index contributed by atoms with van der Waals surface area (Å²) >= 11 is 0. The van der Waals surface area contributed by atoms with Crippen molar-refractivity contribution < 1.29 is 37.1 Å². The van der Waals surface area contributed by atoms with Gasteiger partial charge in [-0.2, -0.15) is 18.3 Å². The number of nitrogens with one attached hydrogen (secondary N) is 2. The van der Waals surface area contributed by atoms with E-state index in [4.69, 9.17) is 9.90 Å². The Hall–Kier alpha value is -4.53. The summed E-state index contributed by atoms with van der Waals surface area (Å²) in [6.45, 7) is 3.27. The molecule has 0 saturated carbocycles. The van der Waals surface area contributed by atoms with Crippen molar-refractivity contribution in [3.8, 4) is 0 Å². The molecule has 1 saturated heterocycles. The van der Waals surface area contributed by atoms with Crippen LogP contribution in [0.4, 0.5) is 28.9 Å². The van der Waals surface area contributed by atoms with Gasteiger partial charge in [0.05, 0.1) is 29.2 Å². The third kappa shape index (κ3) is 5.41. The standard InChI is InChI=1S/C21H20FN7O2.C2HF3O2/c1-12-9-28-10-13(7-16(22)20(28)24-12)25-21(31)14-3-4-17(15-11-27(2)26-19(14)15)29-6-5-23-8-18(29)30;3-2(4,5)1(6)7/h3-4,7,9-11,23H,5-6,8H2,1-2H3,(H,25,31);(H,6,7). The van der Waals surface area contributed by atoms with Gasteiger partial charge in [0.1, 0.15) is 5.52 Å². The number of fused-ring (bicyclic) bond motifs is 2. The second kappa shape index (κ2) is 10.1. The normalized spacial score (nSPS) is 13.9. The molecule has 3 N–H and O–H groups in total. The minimum Gasteiger partial charge on any atom is -0.475 e. The van der Waals surface area contributed by atoms with E-state index in [-0.39, 0.29) is 18.1 Å². The van der Waals surface area contributed by atoms with E-state index in [1.54, 1.807) is 54.3 Å². The van der Waals surface area contributed by atoms with Crippen molar-refractivity contribution in [2.75, 3.05) is 29.9 Å². The Morgan fingerprint density at radius 3 is 2.55 bits per heavy atom. The van der Waals surface area contributed by atoms with Gasteiger partial charge in [0.25, 0.3) is 5.91 Å². The Morgan fingerprint density at radius 2 is 1.89 bits per heavy atom. The number of carboxylic acid groups (broad SMARTS) is 1. The lowest BCUT2D eigenvalue weighted by molar-refractivity contribution is -0.192. The van der Waals surface area contributed by atoms with E-state index >= 15 is 0 Å². The van der Waals surface area contributed by atoms with Crippen molar-refractivity contribution in [2.45, 2.75) is 13.1 Å². The summed E-state index contributed by atoms with van der Waals surface area (Å²) in [7, 11) is 1.76. The number of aryl methyl sites for hydroxylation is 2. The molecule has 4 heterocycles. The van der Waals surface area contributed by atoms with E-state index in [1.807, 2.05) is 0 Å². The zero-order valence-corrected chi connectivity index (χ0v) is 20.0. The maximum atomic E-state index is 14.4. The smallest absolute Gasteiger partial charge is 0.475 e. The highest BCUT2D eigenvalue weighted by Crippen LogP contribution is 2.30. The zero-order chi connectivity index (χ0) is 27.8. The minimum absolute atomic E-state index is 0.0343. The molecule has 1 aliphatic rings. The molecule has 11 nitrogen and oxygen atoms in total. The highest BCUT2D eigenvalue weighted by Gasteiger charge is 2.38. The molecule has 4 aromatic rings. The van der Waals surface area contributed by atoms with Crippen LogP contribution in [0.3, 0.4) is 0 Å². The van der Waals surface area contributed by atoms with Gasteiger partial charge < -0.3 is 25.0 Å². The number of carbonyl (C=O) groups excluding carboxylic acids is 2. The van der Waals surface area contributed by atoms with E-state index in [0.717, 1.165) is 0 Å². The van der Waals surface area contributed by atoms with Gasteiger partial charge in [-0.05, 0) is 19.1 Å². The Bertz CT molecular complexity index is 1560. The molecular weight excluding hydrogens is 514 g/mol. The van der Waals surface area contributed by atoms with Crippen molar-refractivity contribution in [2.24, 2.45) is 7.05 Å². The first kappa shape index (κ1) is 26.5. The molecule has 1 aromatic carbocycles. The zero-order valence-electron chi connectivity index (χ0n) is 20.0. The van der Waals surface area contributed by atoms with E-state index in [9.17, 15) is 27.2 Å². The van der Waals surface area contributed by atoms with E-state index in [1.165, 1.54) is 10.5 Å². The number of pyridine rings is 1. The molecule has 38 heavy (non-hydrogen) atoms. The minimum atomic E-state index is -5.08. The quantitative estimate of drug-likeness (QED) is 0.343. The molecule has 1 aliphatic heterocycles. The SMILES string of the molecule is Cc1cn2cc(NC(=O)c3ccc(N4CCNCC4=O)c4cn(C)nc34)cc(F)c2n1.O=C(O)C(F)(F)F. The number of nitrogens with zero attached hydrogens (tertiary/aromatic N) is 5. The van der Waals surface area contributed by atoms with Crippen LogP contribution in [0.1, 0.15) is 16.1 Å². The van der Waals surface area contributed by atoms with Gasteiger partial charge in [0, 0.05) is 50.2 Å². The molecule has 1 fully saturated rings. The van der Waals surface area contributed by atoms with Crippen LogP contribution in [-0.4, -0.2) is 67.9 Å². The van der Waals surface area contributed by atoms with Crippen molar-refractivity contribution in [1.82, 2.24) is 24.5 Å². The summed E-state index contributed by atoms with van der Waals surface area (Å²) < 4.78 is 49.3. The first-order valence-electron chi connectivity index (χ1n) is 11.1. The topological polar surface area (TPSA) is 134 Å². The van der Waals surface area contributed by atoms with Crippen LogP contribution in [0.15, 0.2) is 36.8 Å². The van der Waals surface area contributed by atoms with E-state index in [2.05, 4.69) is 20.7 Å². The van der Waals surface area contributed by atoms with E-state index < -0.39 is 23.9 Å². The number of benzene rings is 1. The van der Waals surface area contributed by atoms with Crippen LogP contribution in [0.5, 0.6) is 0 Å². The number of anilines is 2. The van der Waals surface area contributed by atoms with Gasteiger partial charge in [-0.25, -0.2) is 14.2 Å². The number of carboxylic acids is 1. The van der Waals surface area contributed by atoms with Crippen molar-refractivity contribution in [3.05, 3.63) is 53.9 Å². The summed E-state index contributed by atoms with van der Waals surface area (Å²) in [6, 6.07) is 4.64. The number of piperazine rings is 1. The lowest BCUT2D eigenvalue weighted by Crippen LogP contribution is -2.48. The number of aromatic nitrogens is 4. The van der Waals surface area contributed by atoms with Crippen LogP contribution in [0.2, 0.25) is 0 Å². The second-order valence-electron chi connectivity index (χ2n) is 8.37. The number of rotatable bonds is 3. The molecule has 0 spiro atoms. The summed E-state index contributed by atoms with van der Waals surface area (Å²) in [6.07, 6.45) is 0.000751. The Labute approximate surface area is 211 Å². The highest BCUT2D eigenvalue weighted by molar-refractivity contribution is 6.15. The number of imidazole rings is 1. The first-order valence-corrected chi connectivity index (χ1v) is 11.1. The highest BCUT2D eigenvalue weighted by atomic mass is 19.4. The Kier molecular flexibility index (Phi) is 7.04. The fourth-order valence-corrected chi connectivity index (χ4v) is 3.93. The molecule has 0 unspecified atom stereocenters. The van der Waals surface area contributed by atoms with Crippen LogP contribution in [0, 0.1) is 12.7 Å². The second-order valence-corrected chi connectivity index (χ2v) is 8.37. The third-order valence-electron chi connectivity index (χ3n) is 5.52. The summed E-state index contributed by atoms with van der Waals surface area (Å²) in [5.41, 5.74) is 2.71.